The summed E-state index contributed by atoms with van der Waals surface area (Å²) in [5.41, 5.74) is 0.393. The first-order valence-electron chi connectivity index (χ1n) is 21.5. The number of hydrogen-bond donors (Lipinski definition) is 3. The summed E-state index contributed by atoms with van der Waals surface area (Å²) in [7, 11) is 0.417. The Hall–Kier alpha value is -1.13. The Morgan fingerprint density at radius 3 is 2.21 bits per heavy atom. The number of nitrogens with one attached hydrogen (secondary N) is 2. The second-order valence-electron chi connectivity index (χ2n) is 18.7. The van der Waals surface area contributed by atoms with E-state index in [1.807, 2.05) is 20.8 Å². The molecular formula is C44H82N4O4S. The van der Waals surface area contributed by atoms with Crippen LogP contribution in [0.2, 0.25) is 0 Å². The molecule has 0 radical (unpaired) electrons. The minimum atomic E-state index is -0.818. The van der Waals surface area contributed by atoms with E-state index in [1.54, 1.807) is 19.9 Å². The van der Waals surface area contributed by atoms with E-state index in [0.717, 1.165) is 81.3 Å². The van der Waals surface area contributed by atoms with Crippen LogP contribution in [0.25, 0.3) is 0 Å². The minimum absolute atomic E-state index is 0.0348. The number of carbonyl (C=O) groups is 2. The molecule has 6 aliphatic rings. The highest BCUT2D eigenvalue weighted by atomic mass is 32.2. The van der Waals surface area contributed by atoms with Crippen LogP contribution in [-0.2, 0) is 20.4 Å². The third-order valence-corrected chi connectivity index (χ3v) is 16.5. The van der Waals surface area contributed by atoms with Gasteiger partial charge in [-0.3, -0.25) is 13.9 Å². The fourth-order valence-electron chi connectivity index (χ4n) is 13.0. The van der Waals surface area contributed by atoms with Crippen molar-refractivity contribution in [2.24, 2.45) is 45.8 Å². The van der Waals surface area contributed by atoms with Gasteiger partial charge in [-0.15, -0.1) is 6.58 Å². The highest BCUT2D eigenvalue weighted by molar-refractivity contribution is 7.85. The van der Waals surface area contributed by atoms with Crippen LogP contribution >= 0.6 is 0 Å². The molecule has 0 aromatic rings. The molecule has 53 heavy (non-hydrogen) atoms. The number of carbonyl (C=O) groups excluding carboxylic acids is 2. The normalized spacial score (nSPS) is 36.5. The van der Waals surface area contributed by atoms with Gasteiger partial charge in [0.15, 0.2) is 0 Å². The van der Waals surface area contributed by atoms with Crippen molar-refractivity contribution in [3.8, 4) is 0 Å². The van der Waals surface area contributed by atoms with Gasteiger partial charge in [0.2, 0.25) is 5.91 Å². The van der Waals surface area contributed by atoms with E-state index in [1.165, 1.54) is 77.2 Å². The predicted octanol–water partition coefficient (Wildman–Crippen LogP) is 7.08. The molecule has 2 aliphatic heterocycles. The quantitative estimate of drug-likeness (QED) is 0.124. The van der Waals surface area contributed by atoms with Crippen LogP contribution < -0.4 is 10.6 Å². The molecule has 0 aromatic heterocycles. The van der Waals surface area contributed by atoms with Crippen molar-refractivity contribution < 1.29 is 18.9 Å². The number of likely N-dealkylation sites (tertiary alicyclic amines) is 1. The number of fused-ring (bicyclic) bond motifs is 7. The summed E-state index contributed by atoms with van der Waals surface area (Å²) in [6, 6.07) is 0. The van der Waals surface area contributed by atoms with Crippen molar-refractivity contribution in [1.29, 1.82) is 0 Å². The minimum Gasteiger partial charge on any atom is -0.400 e. The molecule has 4 saturated carbocycles. The van der Waals surface area contributed by atoms with E-state index < -0.39 is 16.3 Å². The lowest BCUT2D eigenvalue weighted by molar-refractivity contribution is -0.205. The number of allylic oxidation sites excluding steroid dienone is 1. The van der Waals surface area contributed by atoms with Crippen LogP contribution in [0.5, 0.6) is 0 Å². The molecule has 9 heteroatoms. The Morgan fingerprint density at radius 2 is 1.57 bits per heavy atom. The predicted molar refractivity (Wildman–Crippen MR) is 223 cm³/mol. The molecule has 2 saturated heterocycles. The van der Waals surface area contributed by atoms with Crippen LogP contribution in [0.1, 0.15) is 133 Å². The molecule has 8 atom stereocenters. The van der Waals surface area contributed by atoms with Gasteiger partial charge in [0.05, 0.1) is 12.1 Å². The molecule has 1 amide bonds. The van der Waals surface area contributed by atoms with Gasteiger partial charge in [-0.05, 0) is 164 Å². The number of nitrogens with zero attached hydrogens (tertiary/aromatic N) is 2. The van der Waals surface area contributed by atoms with E-state index >= 15 is 0 Å². The average Bonchev–Trinajstić information content (AvgIpc) is 3.56. The molecule has 2 heterocycles. The Morgan fingerprint density at radius 1 is 0.906 bits per heavy atom. The van der Waals surface area contributed by atoms with Gasteiger partial charge >= 0.3 is 0 Å². The summed E-state index contributed by atoms with van der Waals surface area (Å²) in [5.74, 6) is 5.69. The highest BCUT2D eigenvalue weighted by Crippen LogP contribution is 2.71. The average molecular weight is 763 g/mol. The summed E-state index contributed by atoms with van der Waals surface area (Å²) in [6.45, 7) is 29.8. The summed E-state index contributed by atoms with van der Waals surface area (Å²) in [5, 5.41) is 13.9. The molecule has 0 spiro atoms. The number of piperidine rings is 1. The summed E-state index contributed by atoms with van der Waals surface area (Å²) < 4.78 is 11.7. The van der Waals surface area contributed by atoms with Crippen molar-refractivity contribution in [3.05, 3.63) is 12.7 Å². The van der Waals surface area contributed by atoms with Crippen LogP contribution in [0.3, 0.4) is 0 Å². The van der Waals surface area contributed by atoms with Gasteiger partial charge in [0.25, 0.3) is 0 Å². The van der Waals surface area contributed by atoms with Crippen molar-refractivity contribution in [3.63, 3.8) is 0 Å². The van der Waals surface area contributed by atoms with E-state index in [0.29, 0.717) is 28.7 Å². The zero-order chi connectivity index (χ0) is 39.7. The van der Waals surface area contributed by atoms with Crippen LogP contribution in [0.4, 0.5) is 0 Å². The fourth-order valence-corrected chi connectivity index (χ4v) is 14.1. The highest BCUT2D eigenvalue weighted by Gasteiger charge is 2.66. The molecule has 6 fully saturated rings. The molecular weight excluding hydrogens is 681 g/mol. The number of aliphatic hydroxyl groups excluding tert-OH is 1. The maximum atomic E-state index is 13.0. The Labute approximate surface area is 328 Å². The number of rotatable bonds is 10. The van der Waals surface area contributed by atoms with Gasteiger partial charge < -0.3 is 25.4 Å². The van der Waals surface area contributed by atoms with Gasteiger partial charge in [-0.2, -0.15) is 0 Å². The maximum absolute atomic E-state index is 13.0. The summed E-state index contributed by atoms with van der Waals surface area (Å²) in [6.07, 6.45) is 17.5. The number of hydrogen-bond acceptors (Lipinski definition) is 7. The van der Waals surface area contributed by atoms with Crippen LogP contribution in [-0.4, -0.2) is 107 Å². The Balaban J connectivity index is 0.00000101. The lowest BCUT2D eigenvalue weighted by Crippen LogP contribution is -2.68. The van der Waals surface area contributed by atoms with E-state index in [4.69, 9.17) is 5.11 Å². The molecule has 6 rings (SSSR count). The van der Waals surface area contributed by atoms with E-state index in [2.05, 4.69) is 54.7 Å². The van der Waals surface area contributed by atoms with Gasteiger partial charge in [0, 0.05) is 54.6 Å². The Kier molecular flexibility index (Phi) is 17.3. The van der Waals surface area contributed by atoms with Gasteiger partial charge in [0.1, 0.15) is 6.29 Å². The van der Waals surface area contributed by atoms with Gasteiger partial charge in [-0.25, -0.2) is 0 Å². The van der Waals surface area contributed by atoms with E-state index in [-0.39, 0.29) is 11.4 Å². The first-order chi connectivity index (χ1) is 25.2. The maximum Gasteiger partial charge on any atom is 0.234 e. The number of amides is 1. The van der Waals surface area contributed by atoms with E-state index in [9.17, 15) is 13.8 Å². The molecule has 4 aliphatic carbocycles. The van der Waals surface area contributed by atoms with Crippen molar-refractivity contribution in [2.75, 3.05) is 64.4 Å². The van der Waals surface area contributed by atoms with Crippen molar-refractivity contribution >= 4 is 23.0 Å². The Bertz CT molecular complexity index is 1200. The first-order valence-corrected chi connectivity index (χ1v) is 23.0. The lowest BCUT2D eigenvalue weighted by atomic mass is 9.38. The second kappa shape index (κ2) is 19.8. The standard InChI is InChI=1S/C38H66N4O3S.C3H6.C2H6.CH4O/c1-34(2,27-43)40-33(44)25-42-20-17-37(6)31(35(42,3)4)13-15-36(5)29-12-16-38(14-7-9-30(38)28(29)10-11-32(36)37)26-39-18-8-19-41-21-23-46(45)24-22-41;1-3-2;2*1-2/h27-32,39H,7-26H2,1-6H3,(H,40,44);3H,1H2,2H3;1-2H3;2H,1H3/t28?,29?,30-,31?,32?,36?,37?,38?;;;/m1.../s1. The second-order valence-corrected chi connectivity index (χ2v) is 20.4. The number of aldehydes is 1. The topological polar surface area (TPSA) is 102 Å². The zero-order valence-electron chi connectivity index (χ0n) is 35.9. The largest absolute Gasteiger partial charge is 0.400 e. The monoisotopic (exact) mass is 763 g/mol. The molecule has 0 bridgehead atoms. The molecule has 7 unspecified atom stereocenters. The third-order valence-electron chi connectivity index (χ3n) is 15.2. The summed E-state index contributed by atoms with van der Waals surface area (Å²) >= 11 is 0. The van der Waals surface area contributed by atoms with Crippen LogP contribution in [0.15, 0.2) is 12.7 Å². The fraction of sp³-hybridized carbons (Fsp3) is 0.909. The van der Waals surface area contributed by atoms with Crippen LogP contribution in [0, 0.1) is 45.8 Å². The molecule has 308 valence electrons. The SMILES string of the molecule is C=CC.CC.CC(C)(C=O)NC(=O)CN1CCC2(C)C3CCC4C(CCC5(CNCCCN6CCS(=O)CC6)CCC[C@H]45)C3(C)CCC2C1(C)C.CO. The molecule has 3 N–H and O–H groups in total. The van der Waals surface area contributed by atoms with Crippen molar-refractivity contribution in [2.45, 2.75) is 144 Å². The summed E-state index contributed by atoms with van der Waals surface area (Å²) in [4.78, 5) is 29.4. The molecule has 0 aromatic carbocycles. The third kappa shape index (κ3) is 10.1. The zero-order valence-corrected chi connectivity index (χ0v) is 36.7. The molecule has 8 nitrogen and oxygen atoms in total. The number of aliphatic hydroxyl groups is 1. The van der Waals surface area contributed by atoms with Crippen molar-refractivity contribution in [1.82, 2.24) is 20.4 Å². The lowest BCUT2D eigenvalue weighted by Gasteiger charge is -2.70. The first kappa shape index (κ1) is 46.3. The smallest absolute Gasteiger partial charge is 0.234 e. The van der Waals surface area contributed by atoms with Gasteiger partial charge in [-0.1, -0.05) is 40.2 Å².